The average molecular weight is 289 g/mol. The van der Waals surface area contributed by atoms with E-state index in [9.17, 15) is 0 Å². The van der Waals surface area contributed by atoms with Gasteiger partial charge in [-0.05, 0) is 22.4 Å². The van der Waals surface area contributed by atoms with Crippen molar-refractivity contribution >= 4 is 23.2 Å². The number of benzene rings is 2. The van der Waals surface area contributed by atoms with Gasteiger partial charge in [0.25, 0.3) is 0 Å². The minimum atomic E-state index is 0. The largest absolute Gasteiger partial charge is 0.375 e. The average Bonchev–Trinajstić information content (AvgIpc) is 2.97. The van der Waals surface area contributed by atoms with Gasteiger partial charge in [0.1, 0.15) is 6.10 Å². The Bertz CT molecular complexity index is 667. The molecule has 0 aliphatic heterocycles. The summed E-state index contributed by atoms with van der Waals surface area (Å²) in [5, 5.41) is 2.50. The van der Waals surface area contributed by atoms with E-state index in [2.05, 4.69) is 47.4 Å². The van der Waals surface area contributed by atoms with Crippen LogP contribution < -0.4 is 0 Å². The van der Waals surface area contributed by atoms with E-state index in [4.69, 9.17) is 4.74 Å². The van der Waals surface area contributed by atoms with Gasteiger partial charge < -0.3 is 9.30 Å². The van der Waals surface area contributed by atoms with Crippen LogP contribution in [0.25, 0.3) is 10.8 Å². The Morgan fingerprint density at radius 2 is 1.95 bits per heavy atom. The van der Waals surface area contributed by atoms with E-state index >= 15 is 0 Å². The third-order valence-corrected chi connectivity index (χ3v) is 3.37. The second kappa shape index (κ2) is 6.55. The molecule has 0 saturated heterocycles. The Balaban J connectivity index is 0.00000147. The lowest BCUT2D eigenvalue weighted by Crippen LogP contribution is -2.09. The second-order valence-electron chi connectivity index (χ2n) is 4.59. The Morgan fingerprint density at radius 1 is 1.15 bits per heavy atom. The molecule has 0 spiro atoms. The Labute approximate surface area is 124 Å². The molecule has 0 amide bonds. The minimum absolute atomic E-state index is 0. The van der Waals surface area contributed by atoms with Crippen molar-refractivity contribution < 1.29 is 4.74 Å². The van der Waals surface area contributed by atoms with Crippen molar-refractivity contribution in [1.29, 1.82) is 0 Å². The first-order chi connectivity index (χ1) is 9.36. The zero-order valence-corrected chi connectivity index (χ0v) is 12.1. The predicted molar refractivity (Wildman–Crippen MR) is 83.2 cm³/mol. The molecule has 1 atom stereocenters. The van der Waals surface area contributed by atoms with Crippen molar-refractivity contribution in [2.45, 2.75) is 12.6 Å². The van der Waals surface area contributed by atoms with E-state index < -0.39 is 0 Å². The molecule has 1 aromatic heterocycles. The molecule has 0 aliphatic carbocycles. The first-order valence-electron chi connectivity index (χ1n) is 6.34. The highest BCUT2D eigenvalue weighted by Crippen LogP contribution is 2.23. The number of ether oxygens (including phenoxy) is 1. The maximum absolute atomic E-state index is 5.61. The lowest BCUT2D eigenvalue weighted by atomic mass is 10.0. The van der Waals surface area contributed by atoms with E-state index in [1.807, 2.05) is 17.1 Å². The number of aromatic nitrogens is 2. The maximum Gasteiger partial charge on any atom is 0.100 e. The summed E-state index contributed by atoms with van der Waals surface area (Å²) in [5.41, 5.74) is 1.19. The smallest absolute Gasteiger partial charge is 0.100 e. The molecule has 3 aromatic rings. The quantitative estimate of drug-likeness (QED) is 0.729. The van der Waals surface area contributed by atoms with Gasteiger partial charge in [-0.1, -0.05) is 36.4 Å². The van der Waals surface area contributed by atoms with E-state index in [1.165, 1.54) is 16.3 Å². The van der Waals surface area contributed by atoms with Crippen LogP contribution in [-0.4, -0.2) is 16.7 Å². The van der Waals surface area contributed by atoms with Gasteiger partial charge in [-0.2, -0.15) is 0 Å². The van der Waals surface area contributed by atoms with Crippen molar-refractivity contribution in [3.8, 4) is 0 Å². The molecule has 0 N–H and O–H groups in total. The zero-order chi connectivity index (χ0) is 13.1. The zero-order valence-electron chi connectivity index (χ0n) is 11.3. The van der Waals surface area contributed by atoms with Crippen LogP contribution in [0.4, 0.5) is 0 Å². The normalized spacial score (nSPS) is 12.1. The molecule has 0 radical (unpaired) electrons. The van der Waals surface area contributed by atoms with Gasteiger partial charge in [0.05, 0.1) is 12.9 Å². The Morgan fingerprint density at radius 3 is 2.65 bits per heavy atom. The van der Waals surface area contributed by atoms with Crippen molar-refractivity contribution in [3.63, 3.8) is 0 Å². The van der Waals surface area contributed by atoms with E-state index in [1.54, 1.807) is 13.3 Å². The number of rotatable bonds is 4. The molecule has 2 aromatic carbocycles. The molecular formula is C16H17ClN2O. The van der Waals surface area contributed by atoms with Crippen LogP contribution in [0.3, 0.4) is 0 Å². The van der Waals surface area contributed by atoms with E-state index in [0.29, 0.717) is 0 Å². The molecule has 0 aliphatic rings. The fraction of sp³-hybridized carbons (Fsp3) is 0.188. The monoisotopic (exact) mass is 288 g/mol. The highest BCUT2D eigenvalue weighted by molar-refractivity contribution is 5.85. The molecule has 1 heterocycles. The van der Waals surface area contributed by atoms with Gasteiger partial charge in [-0.3, -0.25) is 0 Å². The minimum Gasteiger partial charge on any atom is -0.375 e. The molecule has 0 bridgehead atoms. The van der Waals surface area contributed by atoms with Gasteiger partial charge in [0, 0.05) is 19.5 Å². The van der Waals surface area contributed by atoms with Gasteiger partial charge in [-0.15, -0.1) is 12.4 Å². The summed E-state index contributed by atoms with van der Waals surface area (Å²) in [6, 6.07) is 14.8. The first kappa shape index (κ1) is 14.6. The van der Waals surface area contributed by atoms with Gasteiger partial charge in [0.15, 0.2) is 0 Å². The number of nitrogens with zero attached hydrogens (tertiary/aromatic N) is 2. The summed E-state index contributed by atoms with van der Waals surface area (Å²) in [4.78, 5) is 4.06. The standard InChI is InChI=1S/C16H16N2O.ClH/c1-19-16(11-18-9-8-17-12-18)15-7-6-13-4-2-3-5-14(13)10-15;/h2-10,12,16H,11H2,1H3;1H. The summed E-state index contributed by atoms with van der Waals surface area (Å²) in [6.45, 7) is 0.773. The summed E-state index contributed by atoms with van der Waals surface area (Å²) in [5.74, 6) is 0. The van der Waals surface area contributed by atoms with E-state index in [-0.39, 0.29) is 18.5 Å². The number of fused-ring (bicyclic) bond motifs is 1. The lowest BCUT2D eigenvalue weighted by Gasteiger charge is -2.17. The summed E-state index contributed by atoms with van der Waals surface area (Å²) in [6.07, 6.45) is 5.59. The van der Waals surface area contributed by atoms with Crippen LogP contribution in [-0.2, 0) is 11.3 Å². The third-order valence-electron chi connectivity index (χ3n) is 3.37. The Hall–Kier alpha value is -1.84. The molecule has 1 unspecified atom stereocenters. The van der Waals surface area contributed by atoms with Crippen molar-refractivity contribution in [1.82, 2.24) is 9.55 Å². The van der Waals surface area contributed by atoms with Crippen LogP contribution in [0.5, 0.6) is 0 Å². The van der Waals surface area contributed by atoms with Crippen LogP contribution in [0, 0.1) is 0 Å². The predicted octanol–water partition coefficient (Wildman–Crippen LogP) is 3.85. The topological polar surface area (TPSA) is 27.1 Å². The molecule has 0 fully saturated rings. The number of halogens is 1. The van der Waals surface area contributed by atoms with Crippen molar-refractivity contribution in [2.75, 3.05) is 7.11 Å². The third kappa shape index (κ3) is 3.00. The van der Waals surface area contributed by atoms with Gasteiger partial charge in [0.2, 0.25) is 0 Å². The Kier molecular flexibility index (Phi) is 4.77. The number of methoxy groups -OCH3 is 1. The van der Waals surface area contributed by atoms with Crippen LogP contribution in [0.2, 0.25) is 0 Å². The fourth-order valence-electron chi connectivity index (χ4n) is 2.31. The number of hydrogen-bond donors (Lipinski definition) is 0. The SMILES string of the molecule is COC(Cn1ccnc1)c1ccc2ccccc2c1.Cl. The van der Waals surface area contributed by atoms with Crippen LogP contribution in [0.1, 0.15) is 11.7 Å². The summed E-state index contributed by atoms with van der Waals surface area (Å²) < 4.78 is 7.64. The van der Waals surface area contributed by atoms with Crippen molar-refractivity contribution in [3.05, 3.63) is 66.7 Å². The molecule has 3 rings (SSSR count). The molecule has 0 saturated carbocycles. The maximum atomic E-state index is 5.61. The highest BCUT2D eigenvalue weighted by Gasteiger charge is 2.11. The molecule has 20 heavy (non-hydrogen) atoms. The fourth-order valence-corrected chi connectivity index (χ4v) is 2.31. The number of hydrogen-bond acceptors (Lipinski definition) is 2. The van der Waals surface area contributed by atoms with Crippen molar-refractivity contribution in [2.24, 2.45) is 0 Å². The molecule has 104 valence electrons. The summed E-state index contributed by atoms with van der Waals surface area (Å²) >= 11 is 0. The second-order valence-corrected chi connectivity index (χ2v) is 4.59. The lowest BCUT2D eigenvalue weighted by molar-refractivity contribution is 0.0879. The molecule has 4 heteroatoms. The molecule has 3 nitrogen and oxygen atoms in total. The van der Waals surface area contributed by atoms with E-state index in [0.717, 1.165) is 6.54 Å². The van der Waals surface area contributed by atoms with Crippen LogP contribution in [0.15, 0.2) is 61.2 Å². The van der Waals surface area contributed by atoms with Gasteiger partial charge in [-0.25, -0.2) is 4.98 Å². The number of imidazole rings is 1. The molecular weight excluding hydrogens is 272 g/mol. The highest BCUT2D eigenvalue weighted by atomic mass is 35.5. The van der Waals surface area contributed by atoms with Crippen LogP contribution >= 0.6 is 12.4 Å². The first-order valence-corrected chi connectivity index (χ1v) is 6.34. The summed E-state index contributed by atoms with van der Waals surface area (Å²) in [7, 11) is 1.75. The van der Waals surface area contributed by atoms with Gasteiger partial charge >= 0.3 is 0 Å².